The first-order chi connectivity index (χ1) is 12.6. The fourth-order valence-corrected chi connectivity index (χ4v) is 1.73. The Bertz CT molecular complexity index is 473. The minimum absolute atomic E-state index is 0.0276. The maximum Gasteiger partial charge on any atom is 0.534 e. The molecule has 0 aromatic carbocycles. The number of carbonyl (C=O) groups is 3. The first kappa shape index (κ1) is 21.9. The molecule has 0 radical (unpaired) electrons. The van der Waals surface area contributed by atoms with E-state index in [0.717, 1.165) is 0 Å². The summed E-state index contributed by atoms with van der Waals surface area (Å²) in [6, 6.07) is 0. The average Bonchev–Trinajstić information content (AvgIpc) is 2.94. The van der Waals surface area contributed by atoms with Gasteiger partial charge in [0.05, 0.1) is 46.2 Å². The van der Waals surface area contributed by atoms with Crippen LogP contribution in [0.1, 0.15) is 12.8 Å². The molecule has 1 heterocycles. The van der Waals surface area contributed by atoms with Gasteiger partial charge in [0.25, 0.3) is 11.8 Å². The monoisotopic (exact) mass is 373 g/mol. The van der Waals surface area contributed by atoms with Gasteiger partial charge in [0.1, 0.15) is 13.2 Å². The number of terminal acetylenes is 1. The molecule has 1 fully saturated rings. The smallest absolute Gasteiger partial charge is 0.430 e. The number of hydroxylamine groups is 2. The summed E-state index contributed by atoms with van der Waals surface area (Å²) in [6.45, 7) is 2.73. The van der Waals surface area contributed by atoms with Gasteiger partial charge < -0.3 is 23.7 Å². The minimum atomic E-state index is -1.13. The molecular formula is C16H23NO9. The van der Waals surface area contributed by atoms with E-state index in [2.05, 4.69) is 15.5 Å². The molecule has 10 nitrogen and oxygen atoms in total. The van der Waals surface area contributed by atoms with Crippen molar-refractivity contribution in [1.82, 2.24) is 5.06 Å². The molecule has 0 spiro atoms. The van der Waals surface area contributed by atoms with Crippen molar-refractivity contribution in [2.24, 2.45) is 0 Å². The summed E-state index contributed by atoms with van der Waals surface area (Å²) in [4.78, 5) is 38.3. The van der Waals surface area contributed by atoms with Gasteiger partial charge in [0.2, 0.25) is 0 Å². The van der Waals surface area contributed by atoms with Crippen molar-refractivity contribution < 1.29 is 42.9 Å². The summed E-state index contributed by atoms with van der Waals surface area (Å²) in [5, 5.41) is 0.417. The molecule has 0 N–H and O–H groups in total. The number of hydrogen-bond donors (Lipinski definition) is 0. The Morgan fingerprint density at radius 1 is 0.846 bits per heavy atom. The summed E-state index contributed by atoms with van der Waals surface area (Å²) in [7, 11) is 0. The highest BCUT2D eigenvalue weighted by Crippen LogP contribution is 2.12. The Kier molecular flexibility index (Phi) is 11.8. The van der Waals surface area contributed by atoms with Gasteiger partial charge in [0, 0.05) is 12.8 Å². The van der Waals surface area contributed by atoms with Crippen LogP contribution in [-0.2, 0) is 38.1 Å². The molecule has 1 aliphatic heterocycles. The summed E-state index contributed by atoms with van der Waals surface area (Å²) in [5.74, 6) is 1.22. The van der Waals surface area contributed by atoms with Crippen molar-refractivity contribution >= 4 is 18.0 Å². The minimum Gasteiger partial charge on any atom is -0.430 e. The van der Waals surface area contributed by atoms with Crippen molar-refractivity contribution in [3.8, 4) is 12.3 Å². The third-order valence-corrected chi connectivity index (χ3v) is 2.92. The van der Waals surface area contributed by atoms with Gasteiger partial charge in [-0.1, -0.05) is 11.0 Å². The summed E-state index contributed by atoms with van der Waals surface area (Å²) < 4.78 is 25.4. The van der Waals surface area contributed by atoms with Gasteiger partial charge in [-0.25, -0.2) is 4.79 Å². The zero-order chi connectivity index (χ0) is 19.0. The largest absolute Gasteiger partial charge is 0.534 e. The molecule has 0 aromatic heterocycles. The van der Waals surface area contributed by atoms with E-state index in [1.54, 1.807) is 0 Å². The standard InChI is InChI=1S/C16H23NO9/c1-2-5-21-6-7-22-8-9-23-10-11-24-12-13-25-16(20)26-17-14(18)3-4-15(17)19/h1H,3-13H2. The highest BCUT2D eigenvalue weighted by Gasteiger charge is 2.33. The molecule has 0 unspecified atom stereocenters. The number of ether oxygens (including phenoxy) is 5. The van der Waals surface area contributed by atoms with Crippen LogP contribution in [0.4, 0.5) is 4.79 Å². The number of hydrogen-bond acceptors (Lipinski definition) is 9. The number of carbonyl (C=O) groups excluding carboxylic acids is 3. The lowest BCUT2D eigenvalue weighted by Gasteiger charge is -2.12. The van der Waals surface area contributed by atoms with Crippen LogP contribution in [0.2, 0.25) is 0 Å². The fraction of sp³-hybridized carbons (Fsp3) is 0.688. The second kappa shape index (κ2) is 14.0. The Morgan fingerprint density at radius 3 is 1.81 bits per heavy atom. The number of imide groups is 1. The van der Waals surface area contributed by atoms with Gasteiger partial charge in [-0.15, -0.1) is 6.42 Å². The maximum absolute atomic E-state index is 11.3. The predicted molar refractivity (Wildman–Crippen MR) is 85.6 cm³/mol. The zero-order valence-corrected chi connectivity index (χ0v) is 14.5. The number of rotatable bonds is 14. The van der Waals surface area contributed by atoms with Crippen molar-refractivity contribution in [2.75, 3.05) is 59.5 Å². The topological polar surface area (TPSA) is 110 Å². The van der Waals surface area contributed by atoms with Crippen molar-refractivity contribution in [3.63, 3.8) is 0 Å². The first-order valence-corrected chi connectivity index (χ1v) is 8.10. The molecule has 1 saturated heterocycles. The van der Waals surface area contributed by atoms with Crippen molar-refractivity contribution in [3.05, 3.63) is 0 Å². The average molecular weight is 373 g/mol. The van der Waals surface area contributed by atoms with Crippen molar-refractivity contribution in [2.45, 2.75) is 12.8 Å². The van der Waals surface area contributed by atoms with E-state index in [1.165, 1.54) is 0 Å². The first-order valence-electron chi connectivity index (χ1n) is 8.10. The Labute approximate surface area is 151 Å². The molecule has 0 bridgehead atoms. The molecule has 1 rings (SSSR count). The Hall–Kier alpha value is -2.19. The van der Waals surface area contributed by atoms with Crippen LogP contribution in [-0.4, -0.2) is 82.5 Å². The summed E-state index contributed by atoms with van der Waals surface area (Å²) in [6.07, 6.45) is 3.95. The van der Waals surface area contributed by atoms with Gasteiger partial charge in [0.15, 0.2) is 0 Å². The highest BCUT2D eigenvalue weighted by molar-refractivity contribution is 6.01. The van der Waals surface area contributed by atoms with Crippen LogP contribution in [0.25, 0.3) is 0 Å². The number of nitrogens with zero attached hydrogens (tertiary/aromatic N) is 1. The van der Waals surface area contributed by atoms with Crippen LogP contribution >= 0.6 is 0 Å². The van der Waals surface area contributed by atoms with Gasteiger partial charge in [-0.3, -0.25) is 14.4 Å². The van der Waals surface area contributed by atoms with Gasteiger partial charge in [-0.2, -0.15) is 0 Å². The third kappa shape index (κ3) is 9.95. The van der Waals surface area contributed by atoms with E-state index < -0.39 is 18.0 Å². The molecular weight excluding hydrogens is 350 g/mol. The second-order valence-electron chi connectivity index (χ2n) is 4.87. The predicted octanol–water partition coefficient (Wildman–Crippen LogP) is -0.0968. The lowest BCUT2D eigenvalue weighted by atomic mass is 10.4. The third-order valence-electron chi connectivity index (χ3n) is 2.92. The van der Waals surface area contributed by atoms with Crippen LogP contribution < -0.4 is 0 Å². The molecule has 10 heteroatoms. The van der Waals surface area contributed by atoms with E-state index in [-0.39, 0.29) is 32.7 Å². The van der Waals surface area contributed by atoms with E-state index in [1.807, 2.05) is 0 Å². The van der Waals surface area contributed by atoms with E-state index in [9.17, 15) is 14.4 Å². The zero-order valence-electron chi connectivity index (χ0n) is 14.5. The highest BCUT2D eigenvalue weighted by atomic mass is 16.8. The summed E-state index contributed by atoms with van der Waals surface area (Å²) in [5.41, 5.74) is 0. The lowest BCUT2D eigenvalue weighted by molar-refractivity contribution is -0.177. The van der Waals surface area contributed by atoms with Crippen LogP contribution in [0.5, 0.6) is 0 Å². The summed E-state index contributed by atoms with van der Waals surface area (Å²) >= 11 is 0. The second-order valence-corrected chi connectivity index (χ2v) is 4.87. The van der Waals surface area contributed by atoms with Crippen LogP contribution in [0.15, 0.2) is 0 Å². The van der Waals surface area contributed by atoms with E-state index in [0.29, 0.717) is 44.7 Å². The Balaban J connectivity index is 1.83. The van der Waals surface area contributed by atoms with Crippen molar-refractivity contribution in [1.29, 1.82) is 0 Å². The molecule has 0 aromatic rings. The molecule has 26 heavy (non-hydrogen) atoms. The Morgan fingerprint density at radius 2 is 1.31 bits per heavy atom. The van der Waals surface area contributed by atoms with Gasteiger partial charge >= 0.3 is 6.16 Å². The van der Waals surface area contributed by atoms with Crippen LogP contribution in [0.3, 0.4) is 0 Å². The van der Waals surface area contributed by atoms with E-state index >= 15 is 0 Å². The lowest BCUT2D eigenvalue weighted by Crippen LogP contribution is -2.32. The van der Waals surface area contributed by atoms with Gasteiger partial charge in [-0.05, 0) is 0 Å². The quantitative estimate of drug-likeness (QED) is 0.178. The normalized spacial score (nSPS) is 13.7. The molecule has 0 aliphatic carbocycles. The molecule has 1 aliphatic rings. The molecule has 2 amide bonds. The maximum atomic E-state index is 11.3. The molecule has 0 atom stereocenters. The number of amides is 2. The SMILES string of the molecule is C#CCOCCOCCOCCOCCOC(=O)ON1C(=O)CCC1=O. The molecule has 146 valence electrons. The molecule has 0 saturated carbocycles. The van der Waals surface area contributed by atoms with Crippen LogP contribution in [0, 0.1) is 12.3 Å². The van der Waals surface area contributed by atoms with E-state index in [4.69, 9.17) is 25.4 Å². The fourth-order valence-electron chi connectivity index (χ4n) is 1.73.